The average molecular weight is 483 g/mol. The van der Waals surface area contributed by atoms with E-state index in [0.29, 0.717) is 17.8 Å². The number of hydrogen-bond donors (Lipinski definition) is 0. The van der Waals surface area contributed by atoms with Crippen molar-refractivity contribution < 1.29 is 31.1 Å². The summed E-state index contributed by atoms with van der Waals surface area (Å²) in [5.41, 5.74) is -1.24. The van der Waals surface area contributed by atoms with Crippen molar-refractivity contribution in [2.45, 2.75) is 139 Å². The van der Waals surface area contributed by atoms with Crippen LogP contribution in [0.2, 0.25) is 18.1 Å². The standard InChI is InChI=1S/C12H27OSi.3C4H9O.Ti/c1-10(2)7-14(13,8-11(3)4)9-12(5)6;3*1-4(2,3)5;/h10-12H,7-9H2,1-6H3;3*1-3H3;/q4*-1;+4. The van der Waals surface area contributed by atoms with E-state index in [2.05, 4.69) is 104 Å². The quantitative estimate of drug-likeness (QED) is 0.278. The molecule has 0 unspecified atom stereocenters. The van der Waals surface area contributed by atoms with E-state index in [0.717, 1.165) is 18.1 Å². The first-order valence-corrected chi connectivity index (χ1v) is 17.0. The minimum atomic E-state index is -4.15. The van der Waals surface area contributed by atoms with Crippen molar-refractivity contribution in [3.63, 3.8) is 0 Å². The van der Waals surface area contributed by atoms with Crippen molar-refractivity contribution in [2.75, 3.05) is 0 Å². The van der Waals surface area contributed by atoms with E-state index in [1.807, 2.05) is 0 Å². The summed E-state index contributed by atoms with van der Waals surface area (Å²) < 4.78 is 27.5. The van der Waals surface area contributed by atoms with Crippen molar-refractivity contribution in [1.82, 2.24) is 0 Å². The van der Waals surface area contributed by atoms with Crippen LogP contribution in [0, 0.1) is 17.8 Å². The summed E-state index contributed by atoms with van der Waals surface area (Å²) in [5, 5.41) is 0. The molecule has 0 spiro atoms. The Balaban J connectivity index is 6.63. The van der Waals surface area contributed by atoms with Crippen LogP contribution >= 0.6 is 0 Å². The molecular weight excluding hydrogens is 428 g/mol. The molecule has 4 nitrogen and oxygen atoms in total. The van der Waals surface area contributed by atoms with Crippen molar-refractivity contribution in [1.29, 1.82) is 0 Å². The third-order valence-electron chi connectivity index (χ3n) is 3.98. The average Bonchev–Trinajstić information content (AvgIpc) is 2.25. The summed E-state index contributed by atoms with van der Waals surface area (Å²) in [4.78, 5) is 0. The van der Waals surface area contributed by atoms with Crippen LogP contribution in [-0.4, -0.2) is 25.1 Å². The molecule has 0 saturated carbocycles. The molecule has 0 aliphatic heterocycles. The molecule has 0 radical (unpaired) electrons. The predicted octanol–water partition coefficient (Wildman–Crippen LogP) is 8.18. The van der Waals surface area contributed by atoms with Crippen molar-refractivity contribution in [3.05, 3.63) is 0 Å². The van der Waals surface area contributed by atoms with Gasteiger partial charge in [-0.05, 0) is 0 Å². The SMILES string of the molecule is CC(C)C[Si](CC(C)C)(CC(C)C)[O][Ti]([O]C(C)(C)C)([O]C(C)(C)C)[O]C(C)(C)C. The molecule has 0 atom stereocenters. The molecule has 182 valence electrons. The molecule has 0 saturated heterocycles. The van der Waals surface area contributed by atoms with E-state index >= 15 is 0 Å². The molecule has 0 aromatic heterocycles. The molecule has 0 bridgehead atoms. The Kier molecular flexibility index (Phi) is 11.6. The first-order valence-electron chi connectivity index (χ1n) is 11.9. The first kappa shape index (κ1) is 30.8. The summed E-state index contributed by atoms with van der Waals surface area (Å²) in [6.07, 6.45) is 0. The Morgan fingerprint density at radius 1 is 0.533 bits per heavy atom. The van der Waals surface area contributed by atoms with Gasteiger partial charge in [-0.2, -0.15) is 0 Å². The van der Waals surface area contributed by atoms with Gasteiger partial charge in [-0.3, -0.25) is 0 Å². The normalized spacial score (nSPS) is 15.0. The summed E-state index contributed by atoms with van der Waals surface area (Å²) in [5.74, 6) is 1.69. The molecule has 0 amide bonds. The summed E-state index contributed by atoms with van der Waals surface area (Å²) in [6, 6.07) is 3.31. The van der Waals surface area contributed by atoms with Crippen molar-refractivity contribution >= 4 is 8.32 Å². The maximum absolute atomic E-state index is 7.35. The van der Waals surface area contributed by atoms with E-state index in [1.54, 1.807) is 0 Å². The van der Waals surface area contributed by atoms with Crippen LogP contribution in [0.5, 0.6) is 0 Å². The Morgan fingerprint density at radius 3 is 0.933 bits per heavy atom. The van der Waals surface area contributed by atoms with Gasteiger partial charge >= 0.3 is 196 Å². The van der Waals surface area contributed by atoms with Crippen LogP contribution < -0.4 is 0 Å². The van der Waals surface area contributed by atoms with Crippen LogP contribution in [-0.2, 0) is 31.1 Å². The zero-order valence-electron chi connectivity index (χ0n) is 23.0. The molecule has 6 heteroatoms. The van der Waals surface area contributed by atoms with Gasteiger partial charge in [0.2, 0.25) is 0 Å². The molecule has 0 aliphatic carbocycles. The molecule has 0 fully saturated rings. The van der Waals surface area contributed by atoms with E-state index < -0.39 is 43.3 Å². The van der Waals surface area contributed by atoms with E-state index in [4.69, 9.17) is 13.0 Å². The van der Waals surface area contributed by atoms with Gasteiger partial charge in [-0.25, -0.2) is 0 Å². The third-order valence-corrected chi connectivity index (χ3v) is 16.6. The molecule has 0 N–H and O–H groups in total. The second-order valence-corrected chi connectivity index (χ2v) is 20.5. The van der Waals surface area contributed by atoms with E-state index in [1.165, 1.54) is 0 Å². The van der Waals surface area contributed by atoms with Crippen LogP contribution in [0.4, 0.5) is 0 Å². The van der Waals surface area contributed by atoms with Crippen LogP contribution in [0.25, 0.3) is 0 Å². The van der Waals surface area contributed by atoms with Crippen LogP contribution in [0.3, 0.4) is 0 Å². The van der Waals surface area contributed by atoms with Crippen molar-refractivity contribution in [3.8, 4) is 0 Å². The Morgan fingerprint density at radius 2 is 0.767 bits per heavy atom. The monoisotopic (exact) mass is 482 g/mol. The Bertz CT molecular complexity index is 431. The van der Waals surface area contributed by atoms with Crippen LogP contribution in [0.1, 0.15) is 104 Å². The van der Waals surface area contributed by atoms with Gasteiger partial charge in [0.25, 0.3) is 0 Å². The summed E-state index contributed by atoms with van der Waals surface area (Å²) in [6.45, 7) is 32.5. The second-order valence-electron chi connectivity index (χ2n) is 13.2. The fourth-order valence-corrected chi connectivity index (χ4v) is 17.9. The van der Waals surface area contributed by atoms with E-state index in [-0.39, 0.29) is 0 Å². The number of hydrogen-bond acceptors (Lipinski definition) is 4. The van der Waals surface area contributed by atoms with Crippen molar-refractivity contribution in [2.24, 2.45) is 17.8 Å². The predicted molar refractivity (Wildman–Crippen MR) is 128 cm³/mol. The van der Waals surface area contributed by atoms with Gasteiger partial charge in [0.1, 0.15) is 0 Å². The molecule has 0 aliphatic rings. The van der Waals surface area contributed by atoms with Gasteiger partial charge in [-0.1, -0.05) is 0 Å². The molecule has 0 rings (SSSR count). The Labute approximate surface area is 195 Å². The van der Waals surface area contributed by atoms with Gasteiger partial charge < -0.3 is 0 Å². The maximum atomic E-state index is 7.35. The molecule has 30 heavy (non-hydrogen) atoms. The molecule has 0 aromatic rings. The minimum absolute atomic E-state index is 0.413. The van der Waals surface area contributed by atoms with Gasteiger partial charge in [0.15, 0.2) is 0 Å². The number of rotatable bonds is 11. The zero-order chi connectivity index (χ0) is 24.2. The zero-order valence-corrected chi connectivity index (χ0v) is 25.5. The molecule has 0 heterocycles. The summed E-state index contributed by atoms with van der Waals surface area (Å²) >= 11 is -4.15. The van der Waals surface area contributed by atoms with Gasteiger partial charge in [-0.15, -0.1) is 0 Å². The van der Waals surface area contributed by atoms with E-state index in [9.17, 15) is 0 Å². The first-order chi connectivity index (χ1) is 13.1. The summed E-state index contributed by atoms with van der Waals surface area (Å²) in [7, 11) is -2.21. The fourth-order valence-electron chi connectivity index (χ4n) is 4.12. The molecule has 0 aromatic carbocycles. The van der Waals surface area contributed by atoms with Crippen LogP contribution in [0.15, 0.2) is 0 Å². The Hall–Kier alpha value is 0.771. The molecular formula is C24H54O4SiTi. The van der Waals surface area contributed by atoms with Gasteiger partial charge in [0.05, 0.1) is 0 Å². The third kappa shape index (κ3) is 14.0. The second kappa shape index (κ2) is 11.3. The van der Waals surface area contributed by atoms with Gasteiger partial charge in [0, 0.05) is 0 Å². The fraction of sp³-hybridized carbons (Fsp3) is 1.00. The topological polar surface area (TPSA) is 36.9 Å².